The van der Waals surface area contributed by atoms with Crippen molar-refractivity contribution in [2.75, 3.05) is 7.05 Å². The third kappa shape index (κ3) is 2.67. The first-order chi connectivity index (χ1) is 10.2. The van der Waals surface area contributed by atoms with Crippen LogP contribution in [0.15, 0.2) is 42.7 Å². The van der Waals surface area contributed by atoms with E-state index in [9.17, 15) is 4.39 Å². The van der Waals surface area contributed by atoms with Crippen molar-refractivity contribution in [2.24, 2.45) is 0 Å². The number of nitrogens with zero attached hydrogens (tertiary/aromatic N) is 2. The van der Waals surface area contributed by atoms with Gasteiger partial charge in [0.1, 0.15) is 11.5 Å². The predicted octanol–water partition coefficient (Wildman–Crippen LogP) is 3.25. The van der Waals surface area contributed by atoms with E-state index in [0.717, 1.165) is 28.7 Å². The predicted molar refractivity (Wildman–Crippen MR) is 82.7 cm³/mol. The number of halogens is 1. The summed E-state index contributed by atoms with van der Waals surface area (Å²) in [5.74, 6) is -0.199. The minimum atomic E-state index is -0.199. The third-order valence-electron chi connectivity index (χ3n) is 3.74. The molecule has 1 N–H and O–H groups in total. The van der Waals surface area contributed by atoms with Crippen LogP contribution in [0.1, 0.15) is 16.7 Å². The van der Waals surface area contributed by atoms with E-state index in [0.29, 0.717) is 6.54 Å². The summed E-state index contributed by atoms with van der Waals surface area (Å²) < 4.78 is 15.5. The highest BCUT2D eigenvalue weighted by molar-refractivity contribution is 5.80. The van der Waals surface area contributed by atoms with Crippen LogP contribution < -0.4 is 5.32 Å². The maximum Gasteiger partial charge on any atom is 0.140 e. The molecule has 0 saturated heterocycles. The molecule has 108 valence electrons. The molecule has 0 amide bonds. The first kappa shape index (κ1) is 13.8. The molecule has 1 aromatic carbocycles. The lowest BCUT2D eigenvalue weighted by Crippen LogP contribution is -2.04. The highest BCUT2D eigenvalue weighted by Gasteiger charge is 2.10. The number of hydrogen-bond acceptors (Lipinski definition) is 2. The summed E-state index contributed by atoms with van der Waals surface area (Å²) in [6.45, 7) is 3.42. The van der Waals surface area contributed by atoms with Gasteiger partial charge >= 0.3 is 0 Å². The Morgan fingerprint density at radius 2 is 2.10 bits per heavy atom. The van der Waals surface area contributed by atoms with Gasteiger partial charge in [-0.05, 0) is 54.9 Å². The number of benzene rings is 1. The molecule has 21 heavy (non-hydrogen) atoms. The molecule has 0 spiro atoms. The lowest BCUT2D eigenvalue weighted by atomic mass is 10.1. The second-order valence-electron chi connectivity index (χ2n) is 5.26. The summed E-state index contributed by atoms with van der Waals surface area (Å²) in [4.78, 5) is 4.47. The molecule has 4 heteroatoms. The zero-order valence-electron chi connectivity index (χ0n) is 12.2. The Bertz CT molecular complexity index is 777. The SMILES string of the molecule is CNCc1cn(Cc2cc(F)ccc2C)c2ncccc12. The molecule has 0 atom stereocenters. The molecule has 3 rings (SSSR count). The van der Waals surface area contributed by atoms with E-state index < -0.39 is 0 Å². The molecule has 0 unspecified atom stereocenters. The van der Waals surface area contributed by atoms with Crippen molar-refractivity contribution in [1.29, 1.82) is 0 Å². The number of fused-ring (bicyclic) bond motifs is 1. The molecule has 0 bridgehead atoms. The van der Waals surface area contributed by atoms with Crippen LogP contribution in [0.2, 0.25) is 0 Å². The average Bonchev–Trinajstić information content (AvgIpc) is 2.82. The zero-order valence-corrected chi connectivity index (χ0v) is 12.2. The molecule has 3 nitrogen and oxygen atoms in total. The molecule has 0 aliphatic heterocycles. The number of rotatable bonds is 4. The van der Waals surface area contributed by atoms with Crippen LogP contribution in [0.4, 0.5) is 4.39 Å². The second kappa shape index (κ2) is 5.66. The topological polar surface area (TPSA) is 29.9 Å². The van der Waals surface area contributed by atoms with Gasteiger partial charge in [0.2, 0.25) is 0 Å². The molecule has 0 aliphatic carbocycles. The summed E-state index contributed by atoms with van der Waals surface area (Å²) >= 11 is 0. The van der Waals surface area contributed by atoms with Crippen molar-refractivity contribution in [3.8, 4) is 0 Å². The van der Waals surface area contributed by atoms with Crippen molar-refractivity contribution in [2.45, 2.75) is 20.0 Å². The summed E-state index contributed by atoms with van der Waals surface area (Å²) in [6, 6.07) is 8.93. The van der Waals surface area contributed by atoms with Gasteiger partial charge in [-0.3, -0.25) is 0 Å². The maximum absolute atomic E-state index is 13.5. The molecule has 0 saturated carbocycles. The molecule has 0 aliphatic rings. The van der Waals surface area contributed by atoms with Crippen molar-refractivity contribution in [1.82, 2.24) is 14.9 Å². The fourth-order valence-corrected chi connectivity index (χ4v) is 2.64. The standard InChI is InChI=1S/C17H18FN3/c1-12-5-6-15(18)8-13(12)10-21-11-14(9-19-2)16-4-3-7-20-17(16)21/h3-8,11,19H,9-10H2,1-2H3. The smallest absolute Gasteiger partial charge is 0.140 e. The number of hydrogen-bond donors (Lipinski definition) is 1. The average molecular weight is 283 g/mol. The number of aryl methyl sites for hydroxylation is 1. The third-order valence-corrected chi connectivity index (χ3v) is 3.74. The van der Waals surface area contributed by atoms with E-state index in [1.54, 1.807) is 12.3 Å². The number of nitrogens with one attached hydrogen (secondary N) is 1. The summed E-state index contributed by atoms with van der Waals surface area (Å²) in [5, 5.41) is 4.31. The minimum absolute atomic E-state index is 0.199. The second-order valence-corrected chi connectivity index (χ2v) is 5.26. The Labute approximate surface area is 123 Å². The van der Waals surface area contributed by atoms with Crippen LogP contribution in [-0.2, 0) is 13.1 Å². The van der Waals surface area contributed by atoms with Gasteiger partial charge in [0, 0.05) is 30.9 Å². The van der Waals surface area contributed by atoms with Crippen molar-refractivity contribution < 1.29 is 4.39 Å². The summed E-state index contributed by atoms with van der Waals surface area (Å²) in [6.07, 6.45) is 3.89. The Kier molecular flexibility index (Phi) is 3.71. The van der Waals surface area contributed by atoms with E-state index in [-0.39, 0.29) is 5.82 Å². The van der Waals surface area contributed by atoms with Crippen molar-refractivity contribution in [3.63, 3.8) is 0 Å². The minimum Gasteiger partial charge on any atom is -0.328 e. The normalized spacial score (nSPS) is 11.2. The Morgan fingerprint density at radius 1 is 1.24 bits per heavy atom. The molecular formula is C17H18FN3. The van der Waals surface area contributed by atoms with Crippen LogP contribution >= 0.6 is 0 Å². The van der Waals surface area contributed by atoms with E-state index in [2.05, 4.69) is 27.1 Å². The maximum atomic E-state index is 13.5. The zero-order chi connectivity index (χ0) is 14.8. The van der Waals surface area contributed by atoms with Crippen LogP contribution in [0.5, 0.6) is 0 Å². The fraction of sp³-hybridized carbons (Fsp3) is 0.235. The quantitative estimate of drug-likeness (QED) is 0.796. The van der Waals surface area contributed by atoms with Gasteiger partial charge in [0.25, 0.3) is 0 Å². The van der Waals surface area contributed by atoms with E-state index in [1.165, 1.54) is 11.6 Å². The Balaban J connectivity index is 2.06. The van der Waals surface area contributed by atoms with Gasteiger partial charge < -0.3 is 9.88 Å². The van der Waals surface area contributed by atoms with Crippen LogP contribution in [0.3, 0.4) is 0 Å². The molecule has 0 radical (unpaired) electrons. The molecule has 3 aromatic rings. The molecular weight excluding hydrogens is 265 g/mol. The molecule has 2 heterocycles. The highest BCUT2D eigenvalue weighted by atomic mass is 19.1. The molecule has 2 aromatic heterocycles. The van der Waals surface area contributed by atoms with E-state index >= 15 is 0 Å². The van der Waals surface area contributed by atoms with Gasteiger partial charge in [-0.25, -0.2) is 9.37 Å². The first-order valence-corrected chi connectivity index (χ1v) is 7.01. The fourth-order valence-electron chi connectivity index (χ4n) is 2.64. The van der Waals surface area contributed by atoms with Crippen molar-refractivity contribution >= 4 is 11.0 Å². The van der Waals surface area contributed by atoms with Gasteiger partial charge in [-0.1, -0.05) is 6.07 Å². The van der Waals surface area contributed by atoms with Crippen LogP contribution in [0, 0.1) is 12.7 Å². The highest BCUT2D eigenvalue weighted by Crippen LogP contribution is 2.21. The number of pyridine rings is 1. The monoisotopic (exact) mass is 283 g/mol. The largest absolute Gasteiger partial charge is 0.328 e. The van der Waals surface area contributed by atoms with Crippen LogP contribution in [-0.4, -0.2) is 16.6 Å². The molecule has 0 fully saturated rings. The van der Waals surface area contributed by atoms with Crippen molar-refractivity contribution in [3.05, 3.63) is 65.2 Å². The van der Waals surface area contributed by atoms with E-state index in [1.807, 2.05) is 26.1 Å². The van der Waals surface area contributed by atoms with Crippen LogP contribution in [0.25, 0.3) is 11.0 Å². The van der Waals surface area contributed by atoms with Gasteiger partial charge in [0.15, 0.2) is 0 Å². The Morgan fingerprint density at radius 3 is 2.90 bits per heavy atom. The van der Waals surface area contributed by atoms with Gasteiger partial charge in [-0.15, -0.1) is 0 Å². The lowest BCUT2D eigenvalue weighted by molar-refractivity contribution is 0.623. The Hall–Kier alpha value is -2.20. The van der Waals surface area contributed by atoms with E-state index in [4.69, 9.17) is 0 Å². The summed E-state index contributed by atoms with van der Waals surface area (Å²) in [7, 11) is 1.93. The van der Waals surface area contributed by atoms with Gasteiger partial charge in [0.05, 0.1) is 0 Å². The number of aromatic nitrogens is 2. The van der Waals surface area contributed by atoms with Gasteiger partial charge in [-0.2, -0.15) is 0 Å². The first-order valence-electron chi connectivity index (χ1n) is 7.01. The lowest BCUT2D eigenvalue weighted by Gasteiger charge is -2.08. The summed E-state index contributed by atoms with van der Waals surface area (Å²) in [5.41, 5.74) is 4.21.